The summed E-state index contributed by atoms with van der Waals surface area (Å²) in [6.45, 7) is 3.32. The molecule has 0 fully saturated rings. The topological polar surface area (TPSA) is 89.7 Å². The number of carbonyl (C=O) groups excluding carboxylic acids is 3. The molecule has 0 saturated carbocycles. The van der Waals surface area contributed by atoms with Crippen molar-refractivity contribution in [3.05, 3.63) is 29.3 Å². The molecule has 0 radical (unpaired) electrons. The molecule has 0 spiro atoms. The molecule has 6 nitrogen and oxygen atoms in total. The van der Waals surface area contributed by atoms with Gasteiger partial charge in [0.05, 0.1) is 17.7 Å². The Bertz CT molecular complexity index is 568. The molecule has 1 aromatic carbocycles. The number of hydrogen-bond acceptors (Lipinski definition) is 5. The van der Waals surface area contributed by atoms with E-state index in [0.717, 1.165) is 4.90 Å². The molecule has 2 N–H and O–H groups in total. The van der Waals surface area contributed by atoms with Crippen molar-refractivity contribution < 1.29 is 19.1 Å². The van der Waals surface area contributed by atoms with E-state index in [9.17, 15) is 14.4 Å². The molecule has 0 aromatic heterocycles. The highest BCUT2D eigenvalue weighted by molar-refractivity contribution is 6.23. The van der Waals surface area contributed by atoms with Crippen molar-refractivity contribution in [3.63, 3.8) is 0 Å². The van der Waals surface area contributed by atoms with Gasteiger partial charge >= 0.3 is 5.97 Å². The van der Waals surface area contributed by atoms with Gasteiger partial charge in [0.1, 0.15) is 6.04 Å². The Hall–Kier alpha value is -2.37. The molecule has 0 saturated heterocycles. The first-order chi connectivity index (χ1) is 8.97. The van der Waals surface area contributed by atoms with E-state index in [1.807, 2.05) is 0 Å². The van der Waals surface area contributed by atoms with Crippen molar-refractivity contribution in [1.82, 2.24) is 4.90 Å². The molecule has 6 heteroatoms. The number of rotatable bonds is 3. The van der Waals surface area contributed by atoms with E-state index in [4.69, 9.17) is 10.5 Å². The maximum atomic E-state index is 12.2. The molecule has 1 aromatic rings. The molecule has 100 valence electrons. The van der Waals surface area contributed by atoms with Crippen LogP contribution in [0.1, 0.15) is 34.6 Å². The summed E-state index contributed by atoms with van der Waals surface area (Å²) in [5.74, 6) is -1.63. The van der Waals surface area contributed by atoms with Crippen LogP contribution in [0.15, 0.2) is 18.2 Å². The minimum atomic E-state index is -0.950. The molecule has 19 heavy (non-hydrogen) atoms. The molecule has 2 rings (SSSR count). The van der Waals surface area contributed by atoms with E-state index >= 15 is 0 Å². The van der Waals surface area contributed by atoms with E-state index in [-0.39, 0.29) is 17.7 Å². The van der Waals surface area contributed by atoms with Crippen LogP contribution in [0.25, 0.3) is 0 Å². The van der Waals surface area contributed by atoms with Gasteiger partial charge in [-0.1, -0.05) is 0 Å². The van der Waals surface area contributed by atoms with Crippen LogP contribution < -0.4 is 5.73 Å². The number of fused-ring (bicyclic) bond motifs is 1. The third-order valence-electron chi connectivity index (χ3n) is 2.96. The third kappa shape index (κ3) is 2.05. The Morgan fingerprint density at radius 1 is 1.32 bits per heavy atom. The monoisotopic (exact) mass is 262 g/mol. The lowest BCUT2D eigenvalue weighted by molar-refractivity contribution is -0.147. The second kappa shape index (κ2) is 4.72. The van der Waals surface area contributed by atoms with Gasteiger partial charge in [0.15, 0.2) is 0 Å². The fourth-order valence-corrected chi connectivity index (χ4v) is 2.00. The van der Waals surface area contributed by atoms with Gasteiger partial charge in [-0.3, -0.25) is 14.5 Å². The minimum Gasteiger partial charge on any atom is -0.464 e. The number of hydrogen-bond donors (Lipinski definition) is 1. The summed E-state index contributed by atoms with van der Waals surface area (Å²) >= 11 is 0. The van der Waals surface area contributed by atoms with Gasteiger partial charge in [-0.05, 0) is 32.0 Å². The van der Waals surface area contributed by atoms with Crippen LogP contribution in [0, 0.1) is 0 Å². The highest BCUT2D eigenvalue weighted by Crippen LogP contribution is 2.26. The molecular weight excluding hydrogens is 248 g/mol. The average molecular weight is 262 g/mol. The fourth-order valence-electron chi connectivity index (χ4n) is 2.00. The third-order valence-corrected chi connectivity index (χ3v) is 2.96. The predicted octanol–water partition coefficient (Wildman–Crippen LogP) is 0.816. The van der Waals surface area contributed by atoms with Crippen molar-refractivity contribution in [2.24, 2.45) is 0 Å². The van der Waals surface area contributed by atoms with Crippen LogP contribution in [0.5, 0.6) is 0 Å². The van der Waals surface area contributed by atoms with E-state index < -0.39 is 23.8 Å². The van der Waals surface area contributed by atoms with Gasteiger partial charge in [-0.15, -0.1) is 0 Å². The molecule has 1 aliphatic rings. The molecule has 1 heterocycles. The second-order valence-corrected chi connectivity index (χ2v) is 4.21. The normalized spacial score (nSPS) is 15.4. The maximum Gasteiger partial charge on any atom is 0.329 e. The molecular formula is C13H14N2O4. The molecule has 1 unspecified atom stereocenters. The number of carbonyl (C=O) groups is 3. The zero-order valence-corrected chi connectivity index (χ0v) is 10.7. The first-order valence-electron chi connectivity index (χ1n) is 5.91. The number of nitrogen functional groups attached to an aromatic ring is 1. The van der Waals surface area contributed by atoms with Gasteiger partial charge in [0.25, 0.3) is 11.8 Å². The number of ether oxygens (including phenoxy) is 1. The number of benzene rings is 1. The summed E-state index contributed by atoms with van der Waals surface area (Å²) in [6, 6.07) is 3.52. The van der Waals surface area contributed by atoms with Gasteiger partial charge in [0.2, 0.25) is 0 Å². The van der Waals surface area contributed by atoms with E-state index in [1.54, 1.807) is 13.0 Å². The molecule has 2 amide bonds. The Kier molecular flexibility index (Phi) is 3.25. The lowest BCUT2D eigenvalue weighted by Crippen LogP contribution is -2.43. The maximum absolute atomic E-state index is 12.2. The zero-order chi connectivity index (χ0) is 14.2. The fraction of sp³-hybridized carbons (Fsp3) is 0.308. The van der Waals surface area contributed by atoms with Gasteiger partial charge in [-0.2, -0.15) is 0 Å². The Morgan fingerprint density at radius 3 is 2.58 bits per heavy atom. The summed E-state index contributed by atoms with van der Waals surface area (Å²) < 4.78 is 4.83. The minimum absolute atomic E-state index is 0.194. The SMILES string of the molecule is CCOC(=O)C(C)N1C(=O)c2ccc(N)cc2C1=O. The Balaban J connectivity index is 2.35. The number of esters is 1. The molecule has 0 bridgehead atoms. The van der Waals surface area contributed by atoms with Crippen LogP contribution in [-0.2, 0) is 9.53 Å². The van der Waals surface area contributed by atoms with Crippen LogP contribution in [0.4, 0.5) is 5.69 Å². The van der Waals surface area contributed by atoms with E-state index in [0.29, 0.717) is 5.69 Å². The number of nitrogens with two attached hydrogens (primary N) is 1. The van der Waals surface area contributed by atoms with E-state index in [1.165, 1.54) is 19.1 Å². The lowest BCUT2D eigenvalue weighted by atomic mass is 10.1. The van der Waals surface area contributed by atoms with Crippen molar-refractivity contribution >= 4 is 23.5 Å². The van der Waals surface area contributed by atoms with Crippen LogP contribution in [-0.4, -0.2) is 35.3 Å². The number of nitrogens with zero attached hydrogens (tertiary/aromatic N) is 1. The second-order valence-electron chi connectivity index (χ2n) is 4.21. The van der Waals surface area contributed by atoms with Crippen LogP contribution in [0.2, 0.25) is 0 Å². The number of imide groups is 1. The molecule has 0 aliphatic carbocycles. The van der Waals surface area contributed by atoms with Crippen molar-refractivity contribution in [2.45, 2.75) is 19.9 Å². The summed E-state index contributed by atoms with van der Waals surface area (Å²) in [5.41, 5.74) is 6.47. The highest BCUT2D eigenvalue weighted by atomic mass is 16.5. The summed E-state index contributed by atoms with van der Waals surface area (Å²) in [4.78, 5) is 36.8. The summed E-state index contributed by atoms with van der Waals surface area (Å²) in [6.07, 6.45) is 0. The summed E-state index contributed by atoms with van der Waals surface area (Å²) in [5, 5.41) is 0. The van der Waals surface area contributed by atoms with E-state index in [2.05, 4.69) is 0 Å². The van der Waals surface area contributed by atoms with Crippen molar-refractivity contribution in [2.75, 3.05) is 12.3 Å². The molecule has 1 aliphatic heterocycles. The molecule has 1 atom stereocenters. The van der Waals surface area contributed by atoms with Gasteiger partial charge in [0, 0.05) is 5.69 Å². The first-order valence-corrected chi connectivity index (χ1v) is 5.91. The van der Waals surface area contributed by atoms with Crippen molar-refractivity contribution in [3.8, 4) is 0 Å². The quantitative estimate of drug-likeness (QED) is 0.494. The Morgan fingerprint density at radius 2 is 1.95 bits per heavy atom. The lowest BCUT2D eigenvalue weighted by Gasteiger charge is -2.20. The zero-order valence-electron chi connectivity index (χ0n) is 10.7. The number of amides is 2. The number of anilines is 1. The standard InChI is InChI=1S/C13H14N2O4/c1-3-19-13(18)7(2)15-11(16)9-5-4-8(14)6-10(9)12(15)17/h4-7H,3,14H2,1-2H3. The van der Waals surface area contributed by atoms with Gasteiger partial charge in [-0.25, -0.2) is 4.79 Å². The average Bonchev–Trinajstić information content (AvgIpc) is 2.61. The van der Waals surface area contributed by atoms with Crippen LogP contribution in [0.3, 0.4) is 0 Å². The first kappa shape index (κ1) is 13.1. The summed E-state index contributed by atoms with van der Waals surface area (Å²) in [7, 11) is 0. The van der Waals surface area contributed by atoms with Gasteiger partial charge < -0.3 is 10.5 Å². The van der Waals surface area contributed by atoms with Crippen molar-refractivity contribution in [1.29, 1.82) is 0 Å². The Labute approximate surface area is 110 Å². The van der Waals surface area contributed by atoms with Crippen LogP contribution >= 0.6 is 0 Å². The predicted molar refractivity (Wildman–Crippen MR) is 67.4 cm³/mol. The largest absolute Gasteiger partial charge is 0.464 e. The smallest absolute Gasteiger partial charge is 0.329 e. The highest BCUT2D eigenvalue weighted by Gasteiger charge is 2.41.